The van der Waals surface area contributed by atoms with Crippen LogP contribution in [0.4, 0.5) is 17.5 Å². The molecule has 1 N–H and O–H groups in total. The second kappa shape index (κ2) is 6.59. The van der Waals surface area contributed by atoms with Crippen molar-refractivity contribution in [3.8, 4) is 0 Å². The number of anilines is 3. The van der Waals surface area contributed by atoms with E-state index in [-0.39, 0.29) is 4.90 Å². The molecule has 0 fully saturated rings. The Hall–Kier alpha value is -2.06. The van der Waals surface area contributed by atoms with Gasteiger partial charge in [-0.3, -0.25) is 4.72 Å². The van der Waals surface area contributed by atoms with E-state index in [2.05, 4.69) is 14.7 Å². The normalized spacial score (nSPS) is 11.2. The average molecular weight is 356 g/mol. The minimum absolute atomic E-state index is 0.0754. The molecule has 1 aromatic carbocycles. The van der Waals surface area contributed by atoms with Crippen molar-refractivity contribution >= 4 is 39.1 Å². The van der Waals surface area contributed by atoms with Gasteiger partial charge in [0, 0.05) is 33.2 Å². The molecule has 0 saturated carbocycles. The number of aromatic nitrogens is 2. The molecule has 0 unspecified atom stereocenters. The van der Waals surface area contributed by atoms with Crippen LogP contribution in [-0.4, -0.2) is 46.6 Å². The lowest BCUT2D eigenvalue weighted by Crippen LogP contribution is -2.21. The molecule has 1 aromatic heterocycles. The van der Waals surface area contributed by atoms with Gasteiger partial charge < -0.3 is 9.80 Å². The van der Waals surface area contributed by atoms with E-state index in [1.807, 2.05) is 14.1 Å². The zero-order valence-electron chi connectivity index (χ0n) is 13.3. The number of sulfonamides is 1. The number of benzene rings is 1. The van der Waals surface area contributed by atoms with Gasteiger partial charge in [0.25, 0.3) is 10.0 Å². The molecule has 0 bridgehead atoms. The zero-order chi connectivity index (χ0) is 17.2. The highest BCUT2D eigenvalue weighted by atomic mass is 35.5. The van der Waals surface area contributed by atoms with E-state index >= 15 is 0 Å². The Morgan fingerprint density at radius 1 is 1.13 bits per heavy atom. The van der Waals surface area contributed by atoms with E-state index in [0.717, 1.165) is 0 Å². The Labute approximate surface area is 141 Å². The number of hydrogen-bond acceptors (Lipinski definition) is 6. The third kappa shape index (κ3) is 4.02. The Kier molecular flexibility index (Phi) is 4.96. The molecule has 0 aliphatic rings. The van der Waals surface area contributed by atoms with Gasteiger partial charge in [-0.2, -0.15) is 4.98 Å². The van der Waals surface area contributed by atoms with E-state index < -0.39 is 10.0 Å². The monoisotopic (exact) mass is 355 g/mol. The van der Waals surface area contributed by atoms with Crippen molar-refractivity contribution in [3.63, 3.8) is 0 Å². The second-order valence-corrected chi connectivity index (χ2v) is 7.38. The van der Waals surface area contributed by atoms with Crippen molar-refractivity contribution in [1.82, 2.24) is 9.97 Å². The zero-order valence-corrected chi connectivity index (χ0v) is 14.9. The summed E-state index contributed by atoms with van der Waals surface area (Å²) in [7, 11) is 3.39. The number of rotatable bonds is 5. The molecule has 0 atom stereocenters. The van der Waals surface area contributed by atoms with Crippen LogP contribution in [0.2, 0.25) is 5.02 Å². The topological polar surface area (TPSA) is 78.4 Å². The summed E-state index contributed by atoms with van der Waals surface area (Å²) in [4.78, 5) is 12.0. The molecule has 0 amide bonds. The van der Waals surface area contributed by atoms with Crippen LogP contribution in [0.3, 0.4) is 0 Å². The first-order valence-electron chi connectivity index (χ1n) is 6.71. The first kappa shape index (κ1) is 17.3. The Morgan fingerprint density at radius 2 is 1.83 bits per heavy atom. The molecule has 2 aromatic rings. The van der Waals surface area contributed by atoms with E-state index in [9.17, 15) is 8.42 Å². The van der Waals surface area contributed by atoms with Gasteiger partial charge in [-0.05, 0) is 18.2 Å². The summed E-state index contributed by atoms with van der Waals surface area (Å²) in [6.45, 7) is 0. The third-order valence-corrected chi connectivity index (χ3v) is 4.53. The summed E-state index contributed by atoms with van der Waals surface area (Å²) in [5, 5.41) is 0.347. The van der Waals surface area contributed by atoms with E-state index in [0.29, 0.717) is 22.5 Å². The third-order valence-electron chi connectivity index (χ3n) is 2.93. The molecule has 124 valence electrons. The molecule has 2 rings (SSSR count). The van der Waals surface area contributed by atoms with Crippen LogP contribution >= 0.6 is 11.6 Å². The van der Waals surface area contributed by atoms with Crippen molar-refractivity contribution in [2.45, 2.75) is 4.90 Å². The van der Waals surface area contributed by atoms with E-state index in [1.54, 1.807) is 36.0 Å². The summed E-state index contributed by atoms with van der Waals surface area (Å²) in [5.74, 6) is 0.953. The highest BCUT2D eigenvalue weighted by Crippen LogP contribution is 2.26. The minimum atomic E-state index is -3.78. The number of halogens is 1. The van der Waals surface area contributed by atoms with Crippen molar-refractivity contribution in [3.05, 3.63) is 35.5 Å². The molecule has 7 nitrogen and oxygen atoms in total. The number of nitrogens with zero attached hydrogens (tertiary/aromatic N) is 4. The SMILES string of the molecule is CN(C)c1ncc(NS(=O)(=O)c2cccc(Cl)c2)c(N(C)C)n1. The van der Waals surface area contributed by atoms with Gasteiger partial charge in [0.05, 0.1) is 11.1 Å². The summed E-state index contributed by atoms with van der Waals surface area (Å²) < 4.78 is 27.5. The number of hydrogen-bond donors (Lipinski definition) is 1. The lowest BCUT2D eigenvalue weighted by molar-refractivity contribution is 0.601. The molecule has 0 radical (unpaired) electrons. The van der Waals surface area contributed by atoms with Gasteiger partial charge in [0.1, 0.15) is 5.69 Å². The maximum atomic E-state index is 12.5. The van der Waals surface area contributed by atoms with Crippen LogP contribution in [0.5, 0.6) is 0 Å². The van der Waals surface area contributed by atoms with E-state index in [1.165, 1.54) is 18.3 Å². The highest BCUT2D eigenvalue weighted by molar-refractivity contribution is 7.92. The predicted molar refractivity (Wildman–Crippen MR) is 92.9 cm³/mol. The van der Waals surface area contributed by atoms with Gasteiger partial charge in [0.2, 0.25) is 5.95 Å². The largest absolute Gasteiger partial charge is 0.361 e. The lowest BCUT2D eigenvalue weighted by atomic mass is 10.4. The maximum Gasteiger partial charge on any atom is 0.262 e. The van der Waals surface area contributed by atoms with Crippen LogP contribution in [0.25, 0.3) is 0 Å². The van der Waals surface area contributed by atoms with Crippen molar-refractivity contribution in [1.29, 1.82) is 0 Å². The molecule has 1 heterocycles. The first-order valence-corrected chi connectivity index (χ1v) is 8.57. The molecule has 0 spiro atoms. The van der Waals surface area contributed by atoms with Gasteiger partial charge in [-0.15, -0.1) is 0 Å². The van der Waals surface area contributed by atoms with Gasteiger partial charge in [0.15, 0.2) is 5.82 Å². The summed E-state index contributed by atoms with van der Waals surface area (Å²) in [6, 6.07) is 6.04. The van der Waals surface area contributed by atoms with Crippen molar-refractivity contribution in [2.24, 2.45) is 0 Å². The number of nitrogens with one attached hydrogen (secondary N) is 1. The maximum absolute atomic E-state index is 12.5. The molecule has 0 saturated heterocycles. The first-order chi connectivity index (χ1) is 10.7. The Balaban J connectivity index is 2.43. The van der Waals surface area contributed by atoms with Crippen LogP contribution < -0.4 is 14.5 Å². The van der Waals surface area contributed by atoms with Gasteiger partial charge >= 0.3 is 0 Å². The Morgan fingerprint density at radius 3 is 2.39 bits per heavy atom. The standard InChI is InChI=1S/C14H18ClN5O2S/c1-19(2)13-12(9-16-14(17-13)20(3)4)18-23(21,22)11-7-5-6-10(15)8-11/h5-9,18H,1-4H3. The summed E-state index contributed by atoms with van der Waals surface area (Å²) >= 11 is 5.86. The predicted octanol–water partition coefficient (Wildman–Crippen LogP) is 2.06. The molecular weight excluding hydrogens is 338 g/mol. The summed E-state index contributed by atoms with van der Waals surface area (Å²) in [6.07, 6.45) is 1.44. The van der Waals surface area contributed by atoms with Crippen LogP contribution in [0.15, 0.2) is 35.4 Å². The molecule has 9 heteroatoms. The second-order valence-electron chi connectivity index (χ2n) is 5.26. The minimum Gasteiger partial charge on any atom is -0.361 e. The quantitative estimate of drug-likeness (QED) is 0.884. The fraction of sp³-hybridized carbons (Fsp3) is 0.286. The smallest absolute Gasteiger partial charge is 0.262 e. The van der Waals surface area contributed by atoms with Gasteiger partial charge in [-0.25, -0.2) is 13.4 Å². The fourth-order valence-electron chi connectivity index (χ4n) is 1.83. The fourth-order valence-corrected chi connectivity index (χ4v) is 3.18. The van der Waals surface area contributed by atoms with E-state index in [4.69, 9.17) is 11.6 Å². The lowest BCUT2D eigenvalue weighted by Gasteiger charge is -2.19. The molecular formula is C14H18ClN5O2S. The average Bonchev–Trinajstić information content (AvgIpc) is 2.46. The van der Waals surface area contributed by atoms with Crippen molar-refractivity contribution < 1.29 is 8.42 Å². The molecule has 0 aliphatic heterocycles. The molecule has 0 aliphatic carbocycles. The van der Waals surface area contributed by atoms with Gasteiger partial charge in [-0.1, -0.05) is 17.7 Å². The van der Waals surface area contributed by atoms with Crippen LogP contribution in [0, 0.1) is 0 Å². The van der Waals surface area contributed by atoms with Crippen LogP contribution in [0.1, 0.15) is 0 Å². The van der Waals surface area contributed by atoms with Crippen LogP contribution in [-0.2, 0) is 10.0 Å². The molecule has 23 heavy (non-hydrogen) atoms. The van der Waals surface area contributed by atoms with Crippen molar-refractivity contribution in [2.75, 3.05) is 42.7 Å². The Bertz CT molecular complexity index is 809. The summed E-state index contributed by atoms with van der Waals surface area (Å²) in [5.41, 5.74) is 0.292. The highest BCUT2D eigenvalue weighted by Gasteiger charge is 2.19.